The summed E-state index contributed by atoms with van der Waals surface area (Å²) < 4.78 is 11.1. The molecule has 0 unspecified atom stereocenters. The summed E-state index contributed by atoms with van der Waals surface area (Å²) in [6, 6.07) is 24.0. The predicted molar refractivity (Wildman–Crippen MR) is 121 cm³/mol. The highest BCUT2D eigenvalue weighted by Crippen LogP contribution is 2.29. The molecular weight excluding hydrogens is 390 g/mol. The third-order valence-electron chi connectivity index (χ3n) is 5.08. The highest BCUT2D eigenvalue weighted by Gasteiger charge is 2.29. The van der Waals surface area contributed by atoms with Gasteiger partial charge in [-0.05, 0) is 36.6 Å². The van der Waals surface area contributed by atoms with Crippen molar-refractivity contribution >= 4 is 17.6 Å². The second kappa shape index (κ2) is 10.4. The molecule has 0 aliphatic carbocycles. The monoisotopic (exact) mass is 417 g/mol. The molecule has 3 aromatic carbocycles. The molecule has 0 spiro atoms. The summed E-state index contributed by atoms with van der Waals surface area (Å²) in [6.45, 7) is 3.85. The maximum absolute atomic E-state index is 13.2. The number of nitrogens with one attached hydrogen (secondary N) is 1. The summed E-state index contributed by atoms with van der Waals surface area (Å²) in [5.74, 6) is -0.790. The van der Waals surface area contributed by atoms with Crippen molar-refractivity contribution in [1.82, 2.24) is 0 Å². The van der Waals surface area contributed by atoms with Crippen molar-refractivity contribution in [2.45, 2.75) is 32.3 Å². The Bertz CT molecular complexity index is 1020. The molecule has 0 saturated carbocycles. The van der Waals surface area contributed by atoms with Gasteiger partial charge in [0.1, 0.15) is 5.75 Å². The molecule has 3 aromatic rings. The fraction of sp³-hybridized carbons (Fsp3) is 0.231. The number of aryl methyl sites for hydroxylation is 1. The summed E-state index contributed by atoms with van der Waals surface area (Å²) in [5.41, 5.74) is 2.96. The zero-order valence-corrected chi connectivity index (χ0v) is 18.0. The Morgan fingerprint density at radius 3 is 2.10 bits per heavy atom. The lowest BCUT2D eigenvalue weighted by atomic mass is 9.96. The molecule has 0 heterocycles. The molecule has 0 saturated heterocycles. The molecule has 1 N–H and O–H groups in total. The van der Waals surface area contributed by atoms with E-state index in [9.17, 15) is 9.59 Å². The van der Waals surface area contributed by atoms with Crippen LogP contribution in [0.5, 0.6) is 5.75 Å². The Kier molecular flexibility index (Phi) is 7.44. The summed E-state index contributed by atoms with van der Waals surface area (Å²) in [6.07, 6.45) is -0.519. The van der Waals surface area contributed by atoms with Gasteiger partial charge >= 0.3 is 5.97 Å². The standard InChI is InChI=1S/C26H27NO4/c1-4-21(19-11-7-5-8-12-19)26(29)31-24(20-13-9-6-10-14-20)25(28)27-22-17-18(2)15-16-23(22)30-3/h5-17,21,24H,4H2,1-3H3,(H,27,28)/t21-,24+/m1/s1. The van der Waals surface area contributed by atoms with Gasteiger partial charge in [-0.25, -0.2) is 0 Å². The number of rotatable bonds is 8. The van der Waals surface area contributed by atoms with Gasteiger partial charge in [-0.2, -0.15) is 0 Å². The molecule has 0 fully saturated rings. The first kappa shape index (κ1) is 22.1. The number of amides is 1. The van der Waals surface area contributed by atoms with E-state index in [0.717, 1.165) is 11.1 Å². The molecule has 2 atom stereocenters. The first-order chi connectivity index (χ1) is 15.0. The Morgan fingerprint density at radius 1 is 0.903 bits per heavy atom. The van der Waals surface area contributed by atoms with E-state index in [1.165, 1.54) is 0 Å². The zero-order chi connectivity index (χ0) is 22.2. The van der Waals surface area contributed by atoms with Gasteiger partial charge < -0.3 is 14.8 Å². The topological polar surface area (TPSA) is 64.6 Å². The van der Waals surface area contributed by atoms with Crippen LogP contribution in [0.1, 0.15) is 42.1 Å². The molecular formula is C26H27NO4. The van der Waals surface area contributed by atoms with Crippen LogP contribution in [0, 0.1) is 6.92 Å². The molecule has 0 aliphatic rings. The van der Waals surface area contributed by atoms with E-state index in [4.69, 9.17) is 9.47 Å². The second-order valence-electron chi connectivity index (χ2n) is 7.29. The number of hydrogen-bond donors (Lipinski definition) is 1. The summed E-state index contributed by atoms with van der Waals surface area (Å²) >= 11 is 0. The van der Waals surface area contributed by atoms with Gasteiger partial charge in [0.15, 0.2) is 0 Å². The van der Waals surface area contributed by atoms with E-state index in [1.54, 1.807) is 25.3 Å². The number of anilines is 1. The summed E-state index contributed by atoms with van der Waals surface area (Å²) in [4.78, 5) is 26.3. The predicted octanol–water partition coefficient (Wildman–Crippen LogP) is 5.42. The van der Waals surface area contributed by atoms with Crippen LogP contribution in [0.3, 0.4) is 0 Å². The van der Waals surface area contributed by atoms with E-state index in [1.807, 2.05) is 74.5 Å². The van der Waals surface area contributed by atoms with Crippen molar-refractivity contribution in [3.63, 3.8) is 0 Å². The second-order valence-corrected chi connectivity index (χ2v) is 7.29. The molecule has 160 valence electrons. The number of ether oxygens (including phenoxy) is 2. The molecule has 0 aliphatic heterocycles. The van der Waals surface area contributed by atoms with Crippen molar-refractivity contribution in [3.05, 3.63) is 95.6 Å². The van der Waals surface area contributed by atoms with E-state index < -0.39 is 23.9 Å². The van der Waals surface area contributed by atoms with E-state index in [2.05, 4.69) is 5.32 Å². The Hall–Kier alpha value is -3.60. The van der Waals surface area contributed by atoms with E-state index >= 15 is 0 Å². The minimum atomic E-state index is -1.09. The van der Waals surface area contributed by atoms with Gasteiger partial charge in [0.25, 0.3) is 5.91 Å². The molecule has 3 rings (SSSR count). The van der Waals surface area contributed by atoms with E-state index in [-0.39, 0.29) is 0 Å². The first-order valence-corrected chi connectivity index (χ1v) is 10.3. The maximum atomic E-state index is 13.2. The van der Waals surface area contributed by atoms with Gasteiger partial charge in [-0.1, -0.05) is 73.7 Å². The van der Waals surface area contributed by atoms with Crippen LogP contribution in [0.2, 0.25) is 0 Å². The van der Waals surface area contributed by atoms with Crippen LogP contribution in [-0.4, -0.2) is 19.0 Å². The number of carbonyl (C=O) groups is 2. The zero-order valence-electron chi connectivity index (χ0n) is 18.0. The van der Waals surface area contributed by atoms with Gasteiger partial charge in [-0.3, -0.25) is 9.59 Å². The number of benzene rings is 3. The van der Waals surface area contributed by atoms with Crippen molar-refractivity contribution in [1.29, 1.82) is 0 Å². The lowest BCUT2D eigenvalue weighted by molar-refractivity contribution is -0.156. The molecule has 0 aromatic heterocycles. The third-order valence-corrected chi connectivity index (χ3v) is 5.08. The Morgan fingerprint density at radius 2 is 1.52 bits per heavy atom. The highest BCUT2D eigenvalue weighted by molar-refractivity contribution is 5.97. The first-order valence-electron chi connectivity index (χ1n) is 10.3. The molecule has 0 radical (unpaired) electrons. The van der Waals surface area contributed by atoms with Crippen LogP contribution in [0.15, 0.2) is 78.9 Å². The van der Waals surface area contributed by atoms with Crippen LogP contribution >= 0.6 is 0 Å². The van der Waals surface area contributed by atoms with Crippen LogP contribution in [0.4, 0.5) is 5.69 Å². The van der Waals surface area contributed by atoms with Crippen molar-refractivity contribution in [2.24, 2.45) is 0 Å². The molecule has 1 amide bonds. The van der Waals surface area contributed by atoms with Gasteiger partial charge in [0, 0.05) is 5.56 Å². The third kappa shape index (κ3) is 5.51. The fourth-order valence-electron chi connectivity index (χ4n) is 3.44. The Labute approximate surface area is 183 Å². The van der Waals surface area contributed by atoms with Crippen LogP contribution in [-0.2, 0) is 14.3 Å². The lowest BCUT2D eigenvalue weighted by Crippen LogP contribution is -2.28. The van der Waals surface area contributed by atoms with Crippen molar-refractivity contribution in [2.75, 3.05) is 12.4 Å². The average molecular weight is 418 g/mol. The van der Waals surface area contributed by atoms with E-state index in [0.29, 0.717) is 23.4 Å². The molecule has 5 nitrogen and oxygen atoms in total. The minimum Gasteiger partial charge on any atom is -0.495 e. The number of methoxy groups -OCH3 is 1. The highest BCUT2D eigenvalue weighted by atomic mass is 16.5. The van der Waals surface area contributed by atoms with Gasteiger partial charge in [0.2, 0.25) is 6.10 Å². The Balaban J connectivity index is 1.88. The smallest absolute Gasteiger partial charge is 0.314 e. The van der Waals surface area contributed by atoms with Crippen LogP contribution in [0.25, 0.3) is 0 Å². The number of esters is 1. The lowest BCUT2D eigenvalue weighted by Gasteiger charge is -2.22. The average Bonchev–Trinajstić information content (AvgIpc) is 2.79. The normalized spacial score (nSPS) is 12.5. The molecule has 0 bridgehead atoms. The van der Waals surface area contributed by atoms with Gasteiger partial charge in [0.05, 0.1) is 18.7 Å². The summed E-state index contributed by atoms with van der Waals surface area (Å²) in [7, 11) is 1.54. The fourth-order valence-corrected chi connectivity index (χ4v) is 3.44. The van der Waals surface area contributed by atoms with Crippen molar-refractivity contribution in [3.8, 4) is 5.75 Å². The summed E-state index contributed by atoms with van der Waals surface area (Å²) in [5, 5.41) is 2.86. The number of carbonyl (C=O) groups excluding carboxylic acids is 2. The minimum absolute atomic E-state index is 0.436. The van der Waals surface area contributed by atoms with Crippen molar-refractivity contribution < 1.29 is 19.1 Å². The van der Waals surface area contributed by atoms with Gasteiger partial charge in [-0.15, -0.1) is 0 Å². The maximum Gasteiger partial charge on any atom is 0.314 e. The van der Waals surface area contributed by atoms with Crippen LogP contribution < -0.4 is 10.1 Å². The largest absolute Gasteiger partial charge is 0.495 e. The molecule has 31 heavy (non-hydrogen) atoms. The SMILES string of the molecule is CC[C@@H](C(=O)O[C@H](C(=O)Nc1cc(C)ccc1OC)c1ccccc1)c1ccccc1. The number of hydrogen-bond acceptors (Lipinski definition) is 4. The quantitative estimate of drug-likeness (QED) is 0.497. The molecule has 5 heteroatoms.